The minimum absolute atomic E-state index is 0.133. The van der Waals surface area contributed by atoms with E-state index in [4.69, 9.17) is 0 Å². The van der Waals surface area contributed by atoms with Gasteiger partial charge < -0.3 is 5.32 Å². The maximum Gasteiger partial charge on any atom is 0.220 e. The second-order valence-electron chi connectivity index (χ2n) is 6.57. The Kier molecular flexibility index (Phi) is 4.51. The van der Waals surface area contributed by atoms with Crippen molar-refractivity contribution in [2.75, 3.05) is 0 Å². The molecule has 1 aliphatic carbocycles. The molecule has 1 aromatic carbocycles. The quantitative estimate of drug-likeness (QED) is 0.890. The fourth-order valence-electron chi connectivity index (χ4n) is 3.23. The van der Waals surface area contributed by atoms with Crippen molar-refractivity contribution in [3.05, 3.63) is 52.8 Å². The van der Waals surface area contributed by atoms with Crippen LogP contribution in [0.3, 0.4) is 0 Å². The van der Waals surface area contributed by atoms with Gasteiger partial charge >= 0.3 is 0 Å². The van der Waals surface area contributed by atoms with Gasteiger partial charge in [0.25, 0.3) is 0 Å². The molecule has 1 unspecified atom stereocenters. The van der Waals surface area contributed by atoms with Gasteiger partial charge in [0, 0.05) is 19.2 Å². The number of nitrogens with one attached hydrogen (secondary N) is 1. The van der Waals surface area contributed by atoms with Gasteiger partial charge in [-0.05, 0) is 50.2 Å². The first-order valence-corrected chi connectivity index (χ1v) is 8.39. The highest BCUT2D eigenvalue weighted by molar-refractivity contribution is 5.77. The van der Waals surface area contributed by atoms with Crippen LogP contribution in [0, 0.1) is 19.8 Å². The zero-order chi connectivity index (χ0) is 16.4. The normalized spacial score (nSPS) is 15.4. The minimum atomic E-state index is 0.133. The third-order valence-corrected chi connectivity index (χ3v) is 4.83. The first kappa shape index (κ1) is 15.8. The smallest absolute Gasteiger partial charge is 0.220 e. The van der Waals surface area contributed by atoms with Gasteiger partial charge in [-0.15, -0.1) is 0 Å². The molecular formula is C19H25N3O. The molecule has 4 nitrogen and oxygen atoms in total. The first-order valence-electron chi connectivity index (χ1n) is 8.39. The Labute approximate surface area is 137 Å². The van der Waals surface area contributed by atoms with Gasteiger partial charge in [0.15, 0.2) is 0 Å². The van der Waals surface area contributed by atoms with E-state index in [2.05, 4.69) is 29.5 Å². The van der Waals surface area contributed by atoms with Crippen molar-refractivity contribution in [2.45, 2.75) is 45.6 Å². The van der Waals surface area contributed by atoms with Crippen LogP contribution in [0.2, 0.25) is 0 Å². The molecular weight excluding hydrogens is 286 g/mol. The zero-order valence-electron chi connectivity index (χ0n) is 14.2. The van der Waals surface area contributed by atoms with Crippen LogP contribution < -0.4 is 5.32 Å². The molecule has 0 radical (unpaired) electrons. The Hall–Kier alpha value is -2.10. The van der Waals surface area contributed by atoms with Crippen LogP contribution >= 0.6 is 0 Å². The van der Waals surface area contributed by atoms with Gasteiger partial charge in [-0.2, -0.15) is 5.10 Å². The van der Waals surface area contributed by atoms with Gasteiger partial charge in [0.2, 0.25) is 5.91 Å². The lowest BCUT2D eigenvalue weighted by Crippen LogP contribution is -2.30. The third kappa shape index (κ3) is 3.63. The predicted octanol–water partition coefficient (Wildman–Crippen LogP) is 3.24. The minimum Gasteiger partial charge on any atom is -0.349 e. The van der Waals surface area contributed by atoms with Crippen LogP contribution in [0.25, 0.3) is 0 Å². The van der Waals surface area contributed by atoms with Crippen LogP contribution in [0.15, 0.2) is 30.3 Å². The number of rotatable bonds is 6. The van der Waals surface area contributed by atoms with Crippen molar-refractivity contribution in [1.29, 1.82) is 0 Å². The predicted molar refractivity (Wildman–Crippen MR) is 91.1 cm³/mol. The van der Waals surface area contributed by atoms with Gasteiger partial charge in [0.05, 0.1) is 11.7 Å². The summed E-state index contributed by atoms with van der Waals surface area (Å²) in [7, 11) is 1.95. The Morgan fingerprint density at radius 3 is 2.57 bits per heavy atom. The molecule has 1 heterocycles. The van der Waals surface area contributed by atoms with E-state index in [9.17, 15) is 4.79 Å². The number of benzene rings is 1. The maximum atomic E-state index is 12.4. The van der Waals surface area contributed by atoms with Crippen LogP contribution in [0.4, 0.5) is 0 Å². The van der Waals surface area contributed by atoms with Gasteiger partial charge in [0.1, 0.15) is 0 Å². The summed E-state index contributed by atoms with van der Waals surface area (Å²) < 4.78 is 1.89. The van der Waals surface area contributed by atoms with Gasteiger partial charge in [-0.25, -0.2) is 0 Å². The number of hydrogen-bond acceptors (Lipinski definition) is 2. The molecule has 0 saturated heterocycles. The summed E-state index contributed by atoms with van der Waals surface area (Å²) in [5.74, 6) is 0.733. The summed E-state index contributed by atoms with van der Waals surface area (Å²) in [6.45, 7) is 4.07. The molecule has 0 spiro atoms. The number of carbonyl (C=O) groups excluding carboxylic acids is 1. The van der Waals surface area contributed by atoms with Crippen LogP contribution in [0.1, 0.15) is 47.8 Å². The number of carbonyl (C=O) groups is 1. The number of aromatic nitrogens is 2. The summed E-state index contributed by atoms with van der Waals surface area (Å²) >= 11 is 0. The van der Waals surface area contributed by atoms with E-state index < -0.39 is 0 Å². The molecule has 122 valence electrons. The number of aryl methyl sites for hydroxylation is 2. The molecule has 23 heavy (non-hydrogen) atoms. The van der Waals surface area contributed by atoms with E-state index in [0.717, 1.165) is 17.8 Å². The van der Waals surface area contributed by atoms with Crippen molar-refractivity contribution in [3.63, 3.8) is 0 Å². The van der Waals surface area contributed by atoms with E-state index >= 15 is 0 Å². The lowest BCUT2D eigenvalue weighted by molar-refractivity contribution is -0.122. The summed E-state index contributed by atoms with van der Waals surface area (Å²) in [5.41, 5.74) is 4.60. The molecule has 1 aromatic heterocycles. The van der Waals surface area contributed by atoms with Crippen LogP contribution in [-0.2, 0) is 18.3 Å². The van der Waals surface area contributed by atoms with E-state index in [0.29, 0.717) is 12.3 Å². The molecule has 1 fully saturated rings. The highest BCUT2D eigenvalue weighted by Gasteiger charge is 2.33. The molecule has 1 aliphatic rings. The number of hydrogen-bond donors (Lipinski definition) is 1. The average Bonchev–Trinajstić information content (AvgIpc) is 3.34. The Bertz CT molecular complexity index is 686. The molecule has 0 bridgehead atoms. The van der Waals surface area contributed by atoms with Crippen LogP contribution in [-0.4, -0.2) is 15.7 Å². The first-order chi connectivity index (χ1) is 11.1. The molecule has 2 aromatic rings. The second-order valence-corrected chi connectivity index (χ2v) is 6.57. The summed E-state index contributed by atoms with van der Waals surface area (Å²) in [6, 6.07) is 10.5. The molecule has 1 amide bonds. The summed E-state index contributed by atoms with van der Waals surface area (Å²) in [5, 5.41) is 7.67. The number of amides is 1. The van der Waals surface area contributed by atoms with E-state index in [1.165, 1.54) is 24.0 Å². The summed E-state index contributed by atoms with van der Waals surface area (Å²) in [4.78, 5) is 12.4. The SMILES string of the molecule is Cc1nn(C)c(C)c1CCC(=O)NC(c1ccccc1)C1CC1. The molecule has 0 aliphatic heterocycles. The largest absolute Gasteiger partial charge is 0.349 e. The van der Waals surface area contributed by atoms with Gasteiger partial charge in [-0.3, -0.25) is 9.48 Å². The van der Waals surface area contributed by atoms with Crippen molar-refractivity contribution < 1.29 is 4.79 Å². The maximum absolute atomic E-state index is 12.4. The topological polar surface area (TPSA) is 46.9 Å². The fourth-order valence-corrected chi connectivity index (χ4v) is 3.23. The molecule has 4 heteroatoms. The number of nitrogens with zero attached hydrogens (tertiary/aromatic N) is 2. The molecule has 1 saturated carbocycles. The van der Waals surface area contributed by atoms with Crippen molar-refractivity contribution in [3.8, 4) is 0 Å². The van der Waals surface area contributed by atoms with E-state index in [1.54, 1.807) is 0 Å². The highest BCUT2D eigenvalue weighted by atomic mass is 16.1. The molecule has 3 rings (SSSR count). The fraction of sp³-hybridized carbons (Fsp3) is 0.474. The second kappa shape index (κ2) is 6.57. The van der Waals surface area contributed by atoms with Crippen molar-refractivity contribution in [1.82, 2.24) is 15.1 Å². The van der Waals surface area contributed by atoms with E-state index in [-0.39, 0.29) is 11.9 Å². The van der Waals surface area contributed by atoms with E-state index in [1.807, 2.05) is 36.9 Å². The Morgan fingerprint density at radius 1 is 1.30 bits per heavy atom. The average molecular weight is 311 g/mol. The Balaban J connectivity index is 1.62. The van der Waals surface area contributed by atoms with Crippen LogP contribution in [0.5, 0.6) is 0 Å². The monoisotopic (exact) mass is 311 g/mol. The highest BCUT2D eigenvalue weighted by Crippen LogP contribution is 2.40. The van der Waals surface area contributed by atoms with Crippen molar-refractivity contribution in [2.24, 2.45) is 13.0 Å². The van der Waals surface area contributed by atoms with Gasteiger partial charge in [-0.1, -0.05) is 30.3 Å². The standard InChI is InChI=1S/C19H25N3O/c1-13-17(14(2)22(3)21-13)11-12-18(23)20-19(16-9-10-16)15-7-5-4-6-8-15/h4-8,16,19H,9-12H2,1-3H3,(H,20,23). The molecule has 1 atom stereocenters. The van der Waals surface area contributed by atoms with Crippen molar-refractivity contribution >= 4 is 5.91 Å². The third-order valence-electron chi connectivity index (χ3n) is 4.83. The molecule has 1 N–H and O–H groups in total. The lowest BCUT2D eigenvalue weighted by Gasteiger charge is -2.19. The zero-order valence-corrected chi connectivity index (χ0v) is 14.2. The lowest BCUT2D eigenvalue weighted by atomic mass is 10.0. The Morgan fingerprint density at radius 2 is 2.00 bits per heavy atom. The summed E-state index contributed by atoms with van der Waals surface area (Å²) in [6.07, 6.45) is 3.69.